The molecule has 26 heavy (non-hydrogen) atoms. The Balaban J connectivity index is 1.90. The van der Waals surface area contributed by atoms with Crippen molar-refractivity contribution in [2.75, 3.05) is 7.05 Å². The molecule has 1 aliphatic rings. The third-order valence-corrected chi connectivity index (χ3v) is 6.70. The van der Waals surface area contributed by atoms with Gasteiger partial charge in [0.15, 0.2) is 0 Å². The maximum Gasteiger partial charge on any atom is 0.0664 e. The van der Waals surface area contributed by atoms with Crippen LogP contribution in [0.4, 0.5) is 0 Å². The number of aryl methyl sites for hydroxylation is 1. The Bertz CT molecular complexity index is 714. The van der Waals surface area contributed by atoms with Gasteiger partial charge in [-0.15, -0.1) is 0 Å². The van der Waals surface area contributed by atoms with E-state index in [1.165, 1.54) is 60.8 Å². The predicted molar refractivity (Wildman–Crippen MR) is 113 cm³/mol. The zero-order valence-electron chi connectivity index (χ0n) is 17.0. The Hall–Kier alpha value is -1.60. The van der Waals surface area contributed by atoms with Crippen LogP contribution in [0.3, 0.4) is 0 Å². The van der Waals surface area contributed by atoms with Gasteiger partial charge in [0.25, 0.3) is 0 Å². The molecule has 3 rings (SSSR count). The highest BCUT2D eigenvalue weighted by molar-refractivity contribution is 5.46. The van der Waals surface area contributed by atoms with Crippen LogP contribution < -0.4 is 5.32 Å². The smallest absolute Gasteiger partial charge is 0.0664 e. The fraction of sp³-hybridized carbons (Fsp3) is 0.520. The van der Waals surface area contributed by atoms with Gasteiger partial charge in [0, 0.05) is 0 Å². The van der Waals surface area contributed by atoms with Crippen LogP contribution in [0.15, 0.2) is 48.5 Å². The van der Waals surface area contributed by atoms with Gasteiger partial charge in [-0.2, -0.15) is 0 Å². The summed E-state index contributed by atoms with van der Waals surface area (Å²) in [5.41, 5.74) is 5.49. The van der Waals surface area contributed by atoms with Crippen molar-refractivity contribution < 1.29 is 0 Å². The molecule has 1 saturated carbocycles. The van der Waals surface area contributed by atoms with Crippen LogP contribution in [0.2, 0.25) is 0 Å². The summed E-state index contributed by atoms with van der Waals surface area (Å²) in [6, 6.07) is 17.8. The molecule has 0 spiro atoms. The minimum absolute atomic E-state index is 0.163. The average Bonchev–Trinajstić information content (AvgIpc) is 3.19. The van der Waals surface area contributed by atoms with Crippen LogP contribution in [0.5, 0.6) is 0 Å². The van der Waals surface area contributed by atoms with E-state index in [9.17, 15) is 0 Å². The normalized spacial score (nSPS) is 18.6. The van der Waals surface area contributed by atoms with E-state index in [1.54, 1.807) is 0 Å². The number of rotatable bonds is 7. The zero-order chi connectivity index (χ0) is 18.6. The summed E-state index contributed by atoms with van der Waals surface area (Å²) in [4.78, 5) is 0. The summed E-state index contributed by atoms with van der Waals surface area (Å²) in [7, 11) is 2.09. The topological polar surface area (TPSA) is 12.0 Å². The van der Waals surface area contributed by atoms with E-state index in [4.69, 9.17) is 0 Å². The van der Waals surface area contributed by atoms with E-state index in [2.05, 4.69) is 81.7 Å². The van der Waals surface area contributed by atoms with Crippen molar-refractivity contribution in [2.45, 2.75) is 70.8 Å². The van der Waals surface area contributed by atoms with Crippen LogP contribution in [0, 0.1) is 12.8 Å². The molecule has 2 aromatic carbocycles. The Labute approximate surface area is 160 Å². The van der Waals surface area contributed by atoms with E-state index >= 15 is 0 Å². The molecule has 0 aromatic heterocycles. The summed E-state index contributed by atoms with van der Waals surface area (Å²) < 4.78 is 0. The second kappa shape index (κ2) is 8.39. The van der Waals surface area contributed by atoms with Crippen LogP contribution in [0.1, 0.15) is 80.5 Å². The fourth-order valence-corrected chi connectivity index (χ4v) is 4.87. The van der Waals surface area contributed by atoms with E-state index in [0.29, 0.717) is 5.92 Å². The molecule has 1 nitrogen and oxygen atoms in total. The van der Waals surface area contributed by atoms with Crippen LogP contribution >= 0.6 is 0 Å². The van der Waals surface area contributed by atoms with E-state index < -0.39 is 0 Å². The molecule has 140 valence electrons. The third kappa shape index (κ3) is 3.88. The number of nitrogens with one attached hydrogen (secondary N) is 1. The average molecular weight is 350 g/mol. The van der Waals surface area contributed by atoms with Crippen molar-refractivity contribution in [1.29, 1.82) is 0 Å². The predicted octanol–water partition coefficient (Wildman–Crippen LogP) is 6.55. The molecule has 2 atom stereocenters. The van der Waals surface area contributed by atoms with Crippen molar-refractivity contribution in [3.05, 3.63) is 70.8 Å². The van der Waals surface area contributed by atoms with Gasteiger partial charge in [0.1, 0.15) is 0 Å². The SMILES string of the molecule is CN[C@](C)(c1ccccc1C)c1ccccc1[C@H](C)CCC1CCCC1. The van der Waals surface area contributed by atoms with Crippen molar-refractivity contribution in [2.24, 2.45) is 5.92 Å². The molecular formula is C25H35N. The molecule has 2 aromatic rings. The summed E-state index contributed by atoms with van der Waals surface area (Å²) in [5, 5.41) is 3.64. The van der Waals surface area contributed by atoms with Crippen LogP contribution in [-0.4, -0.2) is 7.05 Å². The molecule has 0 heterocycles. The van der Waals surface area contributed by atoms with Gasteiger partial charge in [-0.3, -0.25) is 0 Å². The van der Waals surface area contributed by atoms with E-state index in [-0.39, 0.29) is 5.54 Å². The highest BCUT2D eigenvalue weighted by Gasteiger charge is 2.31. The molecule has 0 aliphatic heterocycles. The Morgan fingerprint density at radius 1 is 1.00 bits per heavy atom. The standard InChI is InChI=1S/C25H35N/c1-19(17-18-21-12-6-7-13-21)22-14-8-10-16-24(22)25(3,26-4)23-15-9-5-11-20(23)2/h5,8-11,14-16,19,21,26H,6-7,12-13,17-18H2,1-4H3/t19-,25-/m1/s1. The monoisotopic (exact) mass is 349 g/mol. The van der Waals surface area contributed by atoms with Gasteiger partial charge in [0.05, 0.1) is 5.54 Å². The largest absolute Gasteiger partial charge is 0.307 e. The van der Waals surface area contributed by atoms with Gasteiger partial charge in [-0.25, -0.2) is 0 Å². The lowest BCUT2D eigenvalue weighted by Crippen LogP contribution is -2.39. The highest BCUT2D eigenvalue weighted by Crippen LogP contribution is 2.38. The van der Waals surface area contributed by atoms with Crippen molar-refractivity contribution in [1.82, 2.24) is 5.32 Å². The minimum Gasteiger partial charge on any atom is -0.307 e. The quantitative estimate of drug-likeness (QED) is 0.597. The fourth-order valence-electron chi connectivity index (χ4n) is 4.87. The van der Waals surface area contributed by atoms with Gasteiger partial charge >= 0.3 is 0 Å². The molecule has 0 amide bonds. The number of hydrogen-bond acceptors (Lipinski definition) is 1. The van der Waals surface area contributed by atoms with Gasteiger partial charge in [-0.1, -0.05) is 81.1 Å². The number of hydrogen-bond donors (Lipinski definition) is 1. The highest BCUT2D eigenvalue weighted by atomic mass is 14.9. The molecule has 1 fully saturated rings. The summed E-state index contributed by atoms with van der Waals surface area (Å²) in [6.07, 6.45) is 8.48. The Morgan fingerprint density at radius 2 is 1.62 bits per heavy atom. The lowest BCUT2D eigenvalue weighted by Gasteiger charge is -2.35. The maximum atomic E-state index is 3.64. The van der Waals surface area contributed by atoms with Crippen LogP contribution in [-0.2, 0) is 5.54 Å². The van der Waals surface area contributed by atoms with Crippen LogP contribution in [0.25, 0.3) is 0 Å². The van der Waals surface area contributed by atoms with Crippen molar-refractivity contribution >= 4 is 0 Å². The Morgan fingerprint density at radius 3 is 2.27 bits per heavy atom. The first-order valence-corrected chi connectivity index (χ1v) is 10.4. The summed E-state index contributed by atoms with van der Waals surface area (Å²) in [6.45, 7) is 6.97. The number of benzene rings is 2. The van der Waals surface area contributed by atoms with Gasteiger partial charge < -0.3 is 5.32 Å². The molecule has 1 aliphatic carbocycles. The lowest BCUT2D eigenvalue weighted by molar-refractivity contribution is 0.446. The molecular weight excluding hydrogens is 314 g/mol. The van der Waals surface area contributed by atoms with Crippen molar-refractivity contribution in [3.63, 3.8) is 0 Å². The first-order chi connectivity index (χ1) is 12.6. The second-order valence-corrected chi connectivity index (χ2v) is 8.41. The molecule has 0 radical (unpaired) electrons. The summed E-state index contributed by atoms with van der Waals surface area (Å²) in [5.74, 6) is 1.57. The van der Waals surface area contributed by atoms with Crippen molar-refractivity contribution in [3.8, 4) is 0 Å². The van der Waals surface area contributed by atoms with Gasteiger partial charge in [-0.05, 0) is 67.8 Å². The minimum atomic E-state index is -0.163. The first-order valence-electron chi connectivity index (χ1n) is 10.4. The Kier molecular flexibility index (Phi) is 6.19. The first kappa shape index (κ1) is 19.2. The molecule has 1 heteroatoms. The van der Waals surface area contributed by atoms with Gasteiger partial charge in [0.2, 0.25) is 0 Å². The summed E-state index contributed by atoms with van der Waals surface area (Å²) >= 11 is 0. The van der Waals surface area contributed by atoms with E-state index in [0.717, 1.165) is 5.92 Å². The van der Waals surface area contributed by atoms with E-state index in [1.807, 2.05) is 0 Å². The second-order valence-electron chi connectivity index (χ2n) is 8.41. The zero-order valence-corrected chi connectivity index (χ0v) is 17.0. The molecule has 0 bridgehead atoms. The molecule has 1 N–H and O–H groups in total. The third-order valence-electron chi connectivity index (χ3n) is 6.70. The maximum absolute atomic E-state index is 3.64. The molecule has 0 unspecified atom stereocenters. The molecule has 0 saturated heterocycles. The lowest BCUT2D eigenvalue weighted by atomic mass is 9.77.